The number of ether oxygens (including phenoxy) is 1. The Bertz CT molecular complexity index is 1330. The number of aliphatic hydroxyl groups excluding tert-OH is 1. The van der Waals surface area contributed by atoms with Crippen LogP contribution in [0.2, 0.25) is 0 Å². The second-order valence-corrected chi connectivity index (χ2v) is 7.84. The lowest BCUT2D eigenvalue weighted by atomic mass is 10.1. The van der Waals surface area contributed by atoms with Gasteiger partial charge in [0.15, 0.2) is 0 Å². The van der Waals surface area contributed by atoms with Crippen LogP contribution in [-0.4, -0.2) is 38.9 Å². The molecule has 8 nitrogen and oxygen atoms in total. The predicted octanol–water partition coefficient (Wildman–Crippen LogP) is 4.89. The molecule has 0 saturated carbocycles. The molecule has 0 aliphatic heterocycles. The molecule has 186 valence electrons. The van der Waals surface area contributed by atoms with Crippen LogP contribution in [0.1, 0.15) is 27.7 Å². The number of carbonyl (C=O) groups is 1. The number of halogens is 3. The normalized spacial score (nSPS) is 12.1. The summed E-state index contributed by atoms with van der Waals surface area (Å²) in [6, 6.07) is 15.4. The minimum Gasteiger partial charge on any atom is -0.406 e. The summed E-state index contributed by atoms with van der Waals surface area (Å²) in [6.07, 6.45) is -1.54. The zero-order chi connectivity index (χ0) is 25.7. The fourth-order valence-corrected chi connectivity index (χ4v) is 3.48. The van der Waals surface area contributed by atoms with Crippen molar-refractivity contribution in [1.29, 1.82) is 0 Å². The Morgan fingerprint density at radius 1 is 1.14 bits per heavy atom. The molecule has 4 rings (SSSR count). The fraction of sp³-hybridized carbons (Fsp3) is 0.160. The van der Waals surface area contributed by atoms with E-state index in [0.29, 0.717) is 16.9 Å². The van der Waals surface area contributed by atoms with E-state index in [4.69, 9.17) is 0 Å². The summed E-state index contributed by atoms with van der Waals surface area (Å²) in [5.41, 5.74) is 3.47. The van der Waals surface area contributed by atoms with Gasteiger partial charge in [0.05, 0.1) is 18.3 Å². The first-order valence-corrected chi connectivity index (χ1v) is 10.8. The van der Waals surface area contributed by atoms with Gasteiger partial charge in [0.2, 0.25) is 5.95 Å². The Labute approximate surface area is 204 Å². The van der Waals surface area contributed by atoms with Crippen LogP contribution in [0.5, 0.6) is 5.75 Å². The van der Waals surface area contributed by atoms with Gasteiger partial charge in [-0.25, -0.2) is 9.97 Å². The summed E-state index contributed by atoms with van der Waals surface area (Å²) in [7, 11) is 0. The van der Waals surface area contributed by atoms with Crippen molar-refractivity contribution < 1.29 is 27.8 Å². The van der Waals surface area contributed by atoms with Gasteiger partial charge in [0.1, 0.15) is 11.4 Å². The highest BCUT2D eigenvalue weighted by Crippen LogP contribution is 2.27. The van der Waals surface area contributed by atoms with Crippen LogP contribution in [0.4, 0.5) is 24.8 Å². The van der Waals surface area contributed by atoms with Crippen LogP contribution in [0, 0.1) is 6.92 Å². The first kappa shape index (κ1) is 24.7. The zero-order valence-corrected chi connectivity index (χ0v) is 19.0. The number of aliphatic hydroxyl groups is 1. The Morgan fingerprint density at radius 2 is 1.86 bits per heavy atom. The standard InChI is InChI=1S/C25H22F3N5O3/c1-15-12-30-24(31-18-7-9-19(10-8-18)36-25(26,27)28)33-22(15)17-11-20(29-13-17)23(35)32-21(14-34)16-5-3-2-4-6-16/h2-13,21,29,34H,14H2,1H3,(H,32,35)(H,30,31,33)/t21-/m1/s1. The first-order valence-electron chi connectivity index (χ1n) is 10.8. The third-order valence-electron chi connectivity index (χ3n) is 5.21. The van der Waals surface area contributed by atoms with Crippen LogP contribution in [0.15, 0.2) is 73.1 Å². The van der Waals surface area contributed by atoms with Gasteiger partial charge in [-0.3, -0.25) is 4.79 Å². The topological polar surface area (TPSA) is 112 Å². The molecule has 0 radical (unpaired) electrons. The quantitative estimate of drug-likeness (QED) is 0.276. The summed E-state index contributed by atoms with van der Waals surface area (Å²) >= 11 is 0. The van der Waals surface area contributed by atoms with Crippen LogP contribution in [0.3, 0.4) is 0 Å². The van der Waals surface area contributed by atoms with E-state index >= 15 is 0 Å². The van der Waals surface area contributed by atoms with Crippen molar-refractivity contribution in [3.63, 3.8) is 0 Å². The van der Waals surface area contributed by atoms with Crippen LogP contribution in [0.25, 0.3) is 11.3 Å². The first-order chi connectivity index (χ1) is 17.2. The molecule has 0 fully saturated rings. The highest BCUT2D eigenvalue weighted by molar-refractivity contribution is 5.94. The number of aromatic amines is 1. The van der Waals surface area contributed by atoms with Gasteiger partial charge in [-0.1, -0.05) is 30.3 Å². The Balaban J connectivity index is 1.48. The van der Waals surface area contributed by atoms with Crippen LogP contribution < -0.4 is 15.4 Å². The lowest BCUT2D eigenvalue weighted by molar-refractivity contribution is -0.274. The summed E-state index contributed by atoms with van der Waals surface area (Å²) in [4.78, 5) is 24.4. The Hall–Kier alpha value is -4.38. The lowest BCUT2D eigenvalue weighted by Gasteiger charge is -2.16. The van der Waals surface area contributed by atoms with E-state index in [2.05, 4.69) is 30.3 Å². The minimum absolute atomic E-state index is 0.219. The SMILES string of the molecule is Cc1cnc(Nc2ccc(OC(F)(F)F)cc2)nc1-c1c[nH]c(C(=O)N[C@H](CO)c2ccccc2)c1. The number of H-pyrrole nitrogens is 1. The summed E-state index contributed by atoms with van der Waals surface area (Å²) in [5.74, 6) is -0.514. The number of hydrogen-bond donors (Lipinski definition) is 4. The second-order valence-electron chi connectivity index (χ2n) is 7.84. The number of alkyl halides is 3. The number of aromatic nitrogens is 3. The third-order valence-corrected chi connectivity index (χ3v) is 5.21. The number of hydrogen-bond acceptors (Lipinski definition) is 6. The predicted molar refractivity (Wildman–Crippen MR) is 127 cm³/mol. The molecule has 0 aliphatic rings. The summed E-state index contributed by atoms with van der Waals surface area (Å²) < 4.78 is 40.9. The van der Waals surface area contributed by atoms with E-state index in [1.54, 1.807) is 18.5 Å². The molecule has 1 atom stereocenters. The van der Waals surface area contributed by atoms with Gasteiger partial charge in [-0.15, -0.1) is 13.2 Å². The van der Waals surface area contributed by atoms with Crippen molar-refractivity contribution in [2.45, 2.75) is 19.3 Å². The molecule has 2 heterocycles. The largest absolute Gasteiger partial charge is 0.573 e. The number of amides is 1. The van der Waals surface area contributed by atoms with Gasteiger partial charge in [0.25, 0.3) is 5.91 Å². The molecule has 2 aromatic carbocycles. The monoisotopic (exact) mass is 497 g/mol. The Morgan fingerprint density at radius 3 is 2.53 bits per heavy atom. The molecule has 0 unspecified atom stereocenters. The van der Waals surface area contributed by atoms with E-state index in [1.165, 1.54) is 24.3 Å². The molecule has 1 amide bonds. The Kier molecular flexibility index (Phi) is 7.20. The van der Waals surface area contributed by atoms with Crippen molar-refractivity contribution in [1.82, 2.24) is 20.3 Å². The van der Waals surface area contributed by atoms with E-state index in [1.807, 2.05) is 37.3 Å². The van der Waals surface area contributed by atoms with Crippen LogP contribution in [-0.2, 0) is 0 Å². The van der Waals surface area contributed by atoms with E-state index in [0.717, 1.165) is 11.1 Å². The van der Waals surface area contributed by atoms with Crippen molar-refractivity contribution >= 4 is 17.5 Å². The van der Waals surface area contributed by atoms with E-state index in [-0.39, 0.29) is 24.0 Å². The lowest BCUT2D eigenvalue weighted by Crippen LogP contribution is -2.30. The van der Waals surface area contributed by atoms with Gasteiger partial charge < -0.3 is 25.5 Å². The molecule has 0 saturated heterocycles. The molecule has 4 aromatic rings. The summed E-state index contributed by atoms with van der Waals surface area (Å²) in [6.45, 7) is 1.55. The van der Waals surface area contributed by atoms with Crippen molar-refractivity contribution in [2.24, 2.45) is 0 Å². The molecule has 36 heavy (non-hydrogen) atoms. The maximum atomic E-state index is 12.8. The van der Waals surface area contributed by atoms with E-state index in [9.17, 15) is 23.1 Å². The highest BCUT2D eigenvalue weighted by atomic mass is 19.4. The number of anilines is 2. The average Bonchev–Trinajstić information content (AvgIpc) is 3.35. The van der Waals surface area contributed by atoms with Crippen LogP contribution >= 0.6 is 0 Å². The maximum Gasteiger partial charge on any atom is 0.573 e. The molecule has 0 aliphatic carbocycles. The summed E-state index contributed by atoms with van der Waals surface area (Å²) in [5, 5.41) is 15.4. The van der Waals surface area contributed by atoms with Gasteiger partial charge in [-0.2, -0.15) is 0 Å². The zero-order valence-electron chi connectivity index (χ0n) is 19.0. The highest BCUT2D eigenvalue weighted by Gasteiger charge is 2.31. The van der Waals surface area contributed by atoms with Crippen molar-refractivity contribution in [3.8, 4) is 17.0 Å². The van der Waals surface area contributed by atoms with Gasteiger partial charge >= 0.3 is 6.36 Å². The third kappa shape index (κ3) is 6.19. The number of carbonyl (C=O) groups excluding carboxylic acids is 1. The molecular formula is C25H22F3N5O3. The molecule has 0 bridgehead atoms. The second kappa shape index (κ2) is 10.5. The van der Waals surface area contributed by atoms with Crippen molar-refractivity contribution in [3.05, 3.63) is 89.9 Å². The fourth-order valence-electron chi connectivity index (χ4n) is 3.48. The molecule has 4 N–H and O–H groups in total. The van der Waals surface area contributed by atoms with Gasteiger partial charge in [-0.05, 0) is 48.4 Å². The van der Waals surface area contributed by atoms with E-state index < -0.39 is 18.3 Å². The number of nitrogens with one attached hydrogen (secondary N) is 3. The maximum absolute atomic E-state index is 12.8. The number of benzene rings is 2. The number of nitrogens with zero attached hydrogens (tertiary/aromatic N) is 2. The average molecular weight is 497 g/mol. The molecular weight excluding hydrogens is 475 g/mol. The molecule has 11 heteroatoms. The minimum atomic E-state index is -4.77. The number of rotatable bonds is 8. The van der Waals surface area contributed by atoms with Crippen molar-refractivity contribution in [2.75, 3.05) is 11.9 Å². The number of aryl methyl sites for hydroxylation is 1. The van der Waals surface area contributed by atoms with Gasteiger partial charge in [0, 0.05) is 23.6 Å². The smallest absolute Gasteiger partial charge is 0.406 e. The molecule has 0 spiro atoms. The molecule has 2 aromatic heterocycles.